The number of ether oxygens (including phenoxy) is 1. The topological polar surface area (TPSA) is 63.7 Å². The summed E-state index contributed by atoms with van der Waals surface area (Å²) in [4.78, 5) is 37.7. The summed E-state index contributed by atoms with van der Waals surface area (Å²) >= 11 is 0. The zero-order chi connectivity index (χ0) is 17.4. The van der Waals surface area contributed by atoms with Crippen LogP contribution in [0.2, 0.25) is 0 Å². The molecule has 0 N–H and O–H groups in total. The summed E-state index contributed by atoms with van der Waals surface area (Å²) in [6.07, 6.45) is 0. The highest BCUT2D eigenvalue weighted by molar-refractivity contribution is 6.22. The first-order valence-corrected chi connectivity index (χ1v) is 7.62. The number of imide groups is 1. The number of aryl methyl sites for hydroxylation is 3. The first-order chi connectivity index (χ1) is 11.4. The van der Waals surface area contributed by atoms with E-state index in [1.807, 2.05) is 32.9 Å². The second-order valence-electron chi connectivity index (χ2n) is 5.94. The SMILES string of the molecule is Cc1cc(C)c(OC(=O)CN2C(=O)c3ccccc3C2=O)c(C)c1. The third-order valence-corrected chi connectivity index (χ3v) is 3.99. The van der Waals surface area contributed by atoms with Gasteiger partial charge in [0, 0.05) is 0 Å². The van der Waals surface area contributed by atoms with Gasteiger partial charge in [-0.05, 0) is 44.0 Å². The lowest BCUT2D eigenvalue weighted by atomic mass is 10.1. The van der Waals surface area contributed by atoms with Gasteiger partial charge in [0.05, 0.1) is 11.1 Å². The number of amides is 2. The number of benzene rings is 2. The smallest absolute Gasteiger partial charge is 0.331 e. The molecule has 0 unspecified atom stereocenters. The molecule has 1 aliphatic heterocycles. The molecule has 1 heterocycles. The van der Waals surface area contributed by atoms with E-state index in [0.29, 0.717) is 16.9 Å². The molecule has 122 valence electrons. The Bertz CT molecular complexity index is 811. The standard InChI is InChI=1S/C19H17NO4/c1-11-8-12(2)17(13(3)9-11)24-16(21)10-20-18(22)14-6-4-5-7-15(14)19(20)23/h4-9H,10H2,1-3H3. The van der Waals surface area contributed by atoms with E-state index >= 15 is 0 Å². The monoisotopic (exact) mass is 323 g/mol. The van der Waals surface area contributed by atoms with E-state index < -0.39 is 24.3 Å². The van der Waals surface area contributed by atoms with Crippen molar-refractivity contribution in [3.8, 4) is 5.75 Å². The molecule has 0 aliphatic carbocycles. The molecular formula is C19H17NO4. The molecule has 0 saturated carbocycles. The van der Waals surface area contributed by atoms with Crippen LogP contribution in [-0.2, 0) is 4.79 Å². The molecular weight excluding hydrogens is 306 g/mol. The highest BCUT2D eigenvalue weighted by Gasteiger charge is 2.36. The summed E-state index contributed by atoms with van der Waals surface area (Å²) in [5.41, 5.74) is 3.38. The maximum absolute atomic E-state index is 12.3. The Morgan fingerprint density at radius 3 is 1.96 bits per heavy atom. The van der Waals surface area contributed by atoms with Gasteiger partial charge in [-0.15, -0.1) is 0 Å². The third kappa shape index (κ3) is 2.69. The van der Waals surface area contributed by atoms with Gasteiger partial charge < -0.3 is 4.74 Å². The van der Waals surface area contributed by atoms with Crippen LogP contribution in [-0.4, -0.2) is 29.2 Å². The van der Waals surface area contributed by atoms with Crippen molar-refractivity contribution in [2.45, 2.75) is 20.8 Å². The van der Waals surface area contributed by atoms with Crippen LogP contribution >= 0.6 is 0 Å². The van der Waals surface area contributed by atoms with E-state index in [9.17, 15) is 14.4 Å². The third-order valence-electron chi connectivity index (χ3n) is 3.99. The van der Waals surface area contributed by atoms with Gasteiger partial charge in [-0.1, -0.05) is 29.8 Å². The lowest BCUT2D eigenvalue weighted by Gasteiger charge is -2.15. The van der Waals surface area contributed by atoms with Crippen molar-refractivity contribution >= 4 is 17.8 Å². The fourth-order valence-electron chi connectivity index (χ4n) is 2.99. The van der Waals surface area contributed by atoms with Gasteiger partial charge in [0.1, 0.15) is 12.3 Å². The normalized spacial score (nSPS) is 13.2. The van der Waals surface area contributed by atoms with Crippen molar-refractivity contribution in [2.24, 2.45) is 0 Å². The van der Waals surface area contributed by atoms with Crippen molar-refractivity contribution < 1.29 is 19.1 Å². The summed E-state index contributed by atoms with van der Waals surface area (Å²) in [5.74, 6) is -1.10. The quantitative estimate of drug-likeness (QED) is 0.495. The molecule has 0 bridgehead atoms. The van der Waals surface area contributed by atoms with Crippen LogP contribution in [0, 0.1) is 20.8 Å². The molecule has 2 amide bonds. The van der Waals surface area contributed by atoms with E-state index in [-0.39, 0.29) is 0 Å². The van der Waals surface area contributed by atoms with Crippen molar-refractivity contribution in [1.29, 1.82) is 0 Å². The number of rotatable bonds is 3. The van der Waals surface area contributed by atoms with Crippen LogP contribution in [0.25, 0.3) is 0 Å². The van der Waals surface area contributed by atoms with E-state index in [1.54, 1.807) is 24.3 Å². The highest BCUT2D eigenvalue weighted by Crippen LogP contribution is 2.26. The van der Waals surface area contributed by atoms with Crippen LogP contribution in [0.5, 0.6) is 5.75 Å². The molecule has 1 aliphatic rings. The zero-order valence-corrected chi connectivity index (χ0v) is 13.8. The largest absolute Gasteiger partial charge is 0.425 e. The minimum Gasteiger partial charge on any atom is -0.425 e. The van der Waals surface area contributed by atoms with Gasteiger partial charge in [0.15, 0.2) is 0 Å². The number of carbonyl (C=O) groups is 3. The Balaban J connectivity index is 1.78. The second-order valence-corrected chi connectivity index (χ2v) is 5.94. The minimum atomic E-state index is -0.639. The Morgan fingerprint density at radius 1 is 0.958 bits per heavy atom. The Morgan fingerprint density at radius 2 is 1.46 bits per heavy atom. The fraction of sp³-hybridized carbons (Fsp3) is 0.211. The molecule has 0 radical (unpaired) electrons. The van der Waals surface area contributed by atoms with E-state index in [4.69, 9.17) is 4.74 Å². The van der Waals surface area contributed by atoms with Crippen molar-refractivity contribution in [3.63, 3.8) is 0 Å². The maximum atomic E-state index is 12.3. The van der Waals surface area contributed by atoms with E-state index in [0.717, 1.165) is 21.6 Å². The molecule has 5 nitrogen and oxygen atoms in total. The molecule has 0 fully saturated rings. The van der Waals surface area contributed by atoms with E-state index in [1.165, 1.54) is 0 Å². The lowest BCUT2D eigenvalue weighted by Crippen LogP contribution is -2.36. The molecule has 3 rings (SSSR count). The maximum Gasteiger partial charge on any atom is 0.331 e. The van der Waals surface area contributed by atoms with Gasteiger partial charge in [0.2, 0.25) is 0 Å². The van der Waals surface area contributed by atoms with Gasteiger partial charge >= 0.3 is 5.97 Å². The Labute approximate surface area is 139 Å². The van der Waals surface area contributed by atoms with Crippen LogP contribution in [0.4, 0.5) is 0 Å². The summed E-state index contributed by atoms with van der Waals surface area (Å²) < 4.78 is 5.40. The first kappa shape index (κ1) is 15.9. The van der Waals surface area contributed by atoms with Gasteiger partial charge in [-0.2, -0.15) is 0 Å². The predicted octanol–water partition coefficient (Wildman–Crippen LogP) is 2.81. The average Bonchev–Trinajstić information content (AvgIpc) is 2.76. The van der Waals surface area contributed by atoms with Crippen LogP contribution in [0.3, 0.4) is 0 Å². The molecule has 5 heteroatoms. The number of hydrogen-bond donors (Lipinski definition) is 0. The van der Waals surface area contributed by atoms with Gasteiger partial charge in [-0.25, -0.2) is 4.79 Å². The minimum absolute atomic E-state index is 0.318. The van der Waals surface area contributed by atoms with Gasteiger partial charge in [-0.3, -0.25) is 14.5 Å². The molecule has 2 aromatic carbocycles. The molecule has 0 aromatic heterocycles. The lowest BCUT2D eigenvalue weighted by molar-refractivity contribution is -0.134. The number of nitrogens with zero attached hydrogens (tertiary/aromatic N) is 1. The van der Waals surface area contributed by atoms with Crippen molar-refractivity contribution in [1.82, 2.24) is 4.90 Å². The summed E-state index contributed by atoms with van der Waals surface area (Å²) in [6, 6.07) is 10.4. The molecule has 0 saturated heterocycles. The number of hydrogen-bond acceptors (Lipinski definition) is 4. The molecule has 24 heavy (non-hydrogen) atoms. The van der Waals surface area contributed by atoms with Crippen LogP contribution < -0.4 is 4.74 Å². The fourth-order valence-corrected chi connectivity index (χ4v) is 2.99. The highest BCUT2D eigenvalue weighted by atomic mass is 16.5. The second kappa shape index (κ2) is 5.92. The molecule has 2 aromatic rings. The number of fused-ring (bicyclic) bond motifs is 1. The Kier molecular flexibility index (Phi) is 3.93. The van der Waals surface area contributed by atoms with Crippen molar-refractivity contribution in [2.75, 3.05) is 6.54 Å². The summed E-state index contributed by atoms with van der Waals surface area (Å²) in [7, 11) is 0. The Hall–Kier alpha value is -2.95. The first-order valence-electron chi connectivity index (χ1n) is 7.62. The van der Waals surface area contributed by atoms with E-state index in [2.05, 4.69) is 0 Å². The van der Waals surface area contributed by atoms with Crippen LogP contribution in [0.15, 0.2) is 36.4 Å². The molecule has 0 atom stereocenters. The van der Waals surface area contributed by atoms with Gasteiger partial charge in [0.25, 0.3) is 11.8 Å². The zero-order valence-electron chi connectivity index (χ0n) is 13.8. The summed E-state index contributed by atoms with van der Waals surface area (Å²) in [5, 5.41) is 0. The average molecular weight is 323 g/mol. The number of esters is 1. The number of carbonyl (C=O) groups excluding carboxylic acids is 3. The van der Waals surface area contributed by atoms with Crippen LogP contribution in [0.1, 0.15) is 37.4 Å². The van der Waals surface area contributed by atoms with Crippen molar-refractivity contribution in [3.05, 3.63) is 64.2 Å². The molecule has 0 spiro atoms. The summed E-state index contributed by atoms with van der Waals surface area (Å²) in [6.45, 7) is 5.26. The predicted molar refractivity (Wildman–Crippen MR) is 88.1 cm³/mol.